The van der Waals surface area contributed by atoms with Crippen molar-refractivity contribution in [2.45, 2.75) is 39.5 Å². The molecule has 0 unspecified atom stereocenters. The van der Waals surface area contributed by atoms with E-state index in [2.05, 4.69) is 73.2 Å². The van der Waals surface area contributed by atoms with Crippen molar-refractivity contribution in [3.8, 4) is 23.0 Å². The molecule has 3 rings (SSSR count). The minimum atomic E-state index is -0.770. The number of unbranched alkanes of at least 4 members (excludes halogenated alkanes) is 2. The minimum absolute atomic E-state index is 0.404. The van der Waals surface area contributed by atoms with Gasteiger partial charge in [0.2, 0.25) is 0 Å². The van der Waals surface area contributed by atoms with Gasteiger partial charge in [-0.2, -0.15) is 4.99 Å². The third-order valence-corrected chi connectivity index (χ3v) is 5.35. The maximum atomic E-state index is 14.0. The molecule has 0 spiro atoms. The van der Waals surface area contributed by atoms with Gasteiger partial charge in [0.15, 0.2) is 11.6 Å². The molecule has 0 N–H and O–H groups in total. The maximum Gasteiger partial charge on any atom is 0.153 e. The zero-order valence-corrected chi connectivity index (χ0v) is 19.6. The number of rotatable bonds is 7. The number of hydrogen-bond donors (Lipinski definition) is 0. The first-order valence-corrected chi connectivity index (χ1v) is 11.4. The van der Waals surface area contributed by atoms with Gasteiger partial charge in [-0.25, -0.2) is 8.78 Å². The summed E-state index contributed by atoms with van der Waals surface area (Å²) < 4.78 is 28.0. The Labute approximate surface area is 199 Å². The van der Waals surface area contributed by atoms with Gasteiger partial charge in [0.25, 0.3) is 0 Å². The van der Waals surface area contributed by atoms with Gasteiger partial charge in [-0.1, -0.05) is 74.6 Å². The molecule has 3 aromatic carbocycles. The van der Waals surface area contributed by atoms with Crippen LogP contribution in [0.4, 0.5) is 14.5 Å². The van der Waals surface area contributed by atoms with E-state index in [0.29, 0.717) is 5.56 Å². The summed E-state index contributed by atoms with van der Waals surface area (Å²) in [6, 6.07) is 16.9. The first kappa shape index (κ1) is 24.3. The van der Waals surface area contributed by atoms with Crippen molar-refractivity contribution in [2.24, 2.45) is 4.99 Å². The fourth-order valence-corrected chi connectivity index (χ4v) is 3.57. The summed E-state index contributed by atoms with van der Waals surface area (Å²) in [5.74, 6) is 4.97. The SMILES string of the molecule is CCCCC#Cc1ccc(-c2ccc(/C=C/c3cc(F)c(N=C=S)c(F)c3)cc2)c(CC)c1. The molecule has 1 nitrogen and oxygen atoms in total. The smallest absolute Gasteiger partial charge is 0.153 e. The van der Waals surface area contributed by atoms with Crippen molar-refractivity contribution in [3.05, 3.63) is 88.5 Å². The van der Waals surface area contributed by atoms with Crippen LogP contribution in [0.15, 0.2) is 59.6 Å². The molecule has 4 heteroatoms. The van der Waals surface area contributed by atoms with Gasteiger partial charge >= 0.3 is 0 Å². The van der Waals surface area contributed by atoms with Crippen LogP contribution in [0.25, 0.3) is 23.3 Å². The monoisotopic (exact) mass is 457 g/mol. The van der Waals surface area contributed by atoms with E-state index >= 15 is 0 Å². The van der Waals surface area contributed by atoms with E-state index < -0.39 is 17.3 Å². The van der Waals surface area contributed by atoms with Crippen LogP contribution in [0.5, 0.6) is 0 Å². The highest BCUT2D eigenvalue weighted by Crippen LogP contribution is 2.27. The highest BCUT2D eigenvalue weighted by Gasteiger charge is 2.09. The van der Waals surface area contributed by atoms with Gasteiger partial charge in [-0.15, -0.1) is 0 Å². The Morgan fingerprint density at radius 1 is 0.909 bits per heavy atom. The predicted molar refractivity (Wildman–Crippen MR) is 138 cm³/mol. The third-order valence-electron chi connectivity index (χ3n) is 5.26. The second kappa shape index (κ2) is 12.0. The number of halogens is 2. The largest absolute Gasteiger partial charge is 0.204 e. The van der Waals surface area contributed by atoms with Crippen molar-refractivity contribution in [1.29, 1.82) is 0 Å². The molecule has 0 saturated carbocycles. The molecule has 3 aromatic rings. The van der Waals surface area contributed by atoms with E-state index in [-0.39, 0.29) is 0 Å². The molecule has 33 heavy (non-hydrogen) atoms. The van der Waals surface area contributed by atoms with Gasteiger partial charge in [0.1, 0.15) is 5.69 Å². The maximum absolute atomic E-state index is 14.0. The first-order chi connectivity index (χ1) is 16.0. The van der Waals surface area contributed by atoms with Crippen LogP contribution in [0.2, 0.25) is 0 Å². The van der Waals surface area contributed by atoms with Gasteiger partial charge in [-0.05, 0) is 77.1 Å². The lowest BCUT2D eigenvalue weighted by Crippen LogP contribution is -1.90. The number of aryl methyl sites for hydroxylation is 1. The topological polar surface area (TPSA) is 12.4 Å². The molecular formula is C29H25F2NS. The van der Waals surface area contributed by atoms with Crippen LogP contribution in [0.1, 0.15) is 55.4 Å². The van der Waals surface area contributed by atoms with Crippen LogP contribution in [-0.4, -0.2) is 5.16 Å². The van der Waals surface area contributed by atoms with Gasteiger partial charge in [0, 0.05) is 12.0 Å². The Balaban J connectivity index is 1.79. The summed E-state index contributed by atoms with van der Waals surface area (Å²) in [4.78, 5) is 3.43. The van der Waals surface area contributed by atoms with E-state index in [4.69, 9.17) is 0 Å². The summed E-state index contributed by atoms with van der Waals surface area (Å²) in [6.07, 6.45) is 7.61. The van der Waals surface area contributed by atoms with Crippen molar-refractivity contribution in [2.75, 3.05) is 0 Å². The van der Waals surface area contributed by atoms with Crippen molar-refractivity contribution in [1.82, 2.24) is 0 Å². The standard InChI is InChI=1S/C29H25F2NS/c1-3-5-6-7-8-22-13-16-26(24(4-2)17-22)25-14-11-21(12-15-25)9-10-23-18-27(30)29(32-20-33)28(31)19-23/h9-19H,3-6H2,1-2H3/b10-9+. The summed E-state index contributed by atoms with van der Waals surface area (Å²) in [6.45, 7) is 4.31. The third kappa shape index (κ3) is 6.56. The lowest BCUT2D eigenvalue weighted by atomic mass is 9.95. The first-order valence-electron chi connectivity index (χ1n) is 11.0. The van der Waals surface area contributed by atoms with Gasteiger partial charge in [0.05, 0.1) is 5.16 Å². The van der Waals surface area contributed by atoms with E-state index in [0.717, 1.165) is 42.4 Å². The predicted octanol–water partition coefficient (Wildman–Crippen LogP) is 8.64. The zero-order valence-electron chi connectivity index (χ0n) is 18.8. The summed E-state index contributed by atoms with van der Waals surface area (Å²) in [5, 5.41) is 1.99. The number of benzene rings is 3. The van der Waals surface area contributed by atoms with Crippen LogP contribution >= 0.6 is 12.2 Å². The lowest BCUT2D eigenvalue weighted by Gasteiger charge is -2.09. The Morgan fingerprint density at radius 2 is 1.61 bits per heavy atom. The summed E-state index contributed by atoms with van der Waals surface area (Å²) in [5.41, 5.74) is 5.52. The molecule has 0 saturated heterocycles. The second-order valence-corrected chi connectivity index (χ2v) is 7.80. The van der Waals surface area contributed by atoms with Gasteiger partial charge in [-0.3, -0.25) is 0 Å². The van der Waals surface area contributed by atoms with E-state index in [1.54, 1.807) is 6.08 Å². The minimum Gasteiger partial charge on any atom is -0.204 e. The highest BCUT2D eigenvalue weighted by atomic mass is 32.1. The van der Waals surface area contributed by atoms with E-state index in [1.165, 1.54) is 23.3 Å². The van der Waals surface area contributed by atoms with E-state index in [9.17, 15) is 8.78 Å². The Bertz CT molecular complexity index is 1230. The van der Waals surface area contributed by atoms with Crippen LogP contribution in [0, 0.1) is 23.5 Å². The molecule has 0 fully saturated rings. The lowest BCUT2D eigenvalue weighted by molar-refractivity contribution is 0.587. The molecule has 166 valence electrons. The van der Waals surface area contributed by atoms with Gasteiger partial charge < -0.3 is 0 Å². The van der Waals surface area contributed by atoms with Crippen molar-refractivity contribution in [3.63, 3.8) is 0 Å². The quantitative estimate of drug-likeness (QED) is 0.114. The Morgan fingerprint density at radius 3 is 2.24 bits per heavy atom. The molecule has 0 heterocycles. The summed E-state index contributed by atoms with van der Waals surface area (Å²) >= 11 is 4.42. The van der Waals surface area contributed by atoms with E-state index in [1.807, 2.05) is 23.4 Å². The number of isothiocyanates is 1. The van der Waals surface area contributed by atoms with Crippen molar-refractivity contribution >= 4 is 35.2 Å². The summed E-state index contributed by atoms with van der Waals surface area (Å²) in [7, 11) is 0. The molecule has 0 aliphatic rings. The fourth-order valence-electron chi connectivity index (χ4n) is 3.48. The molecule has 0 aliphatic carbocycles. The van der Waals surface area contributed by atoms with Crippen LogP contribution < -0.4 is 0 Å². The van der Waals surface area contributed by atoms with Crippen LogP contribution in [-0.2, 0) is 6.42 Å². The average molecular weight is 458 g/mol. The molecule has 0 aliphatic heterocycles. The molecule has 0 amide bonds. The van der Waals surface area contributed by atoms with Crippen LogP contribution in [0.3, 0.4) is 0 Å². The number of thiocarbonyl (C=S) groups is 1. The number of hydrogen-bond acceptors (Lipinski definition) is 2. The molecule has 0 radical (unpaired) electrons. The Hall–Kier alpha value is -3.38. The second-order valence-electron chi connectivity index (χ2n) is 7.62. The zero-order chi connectivity index (χ0) is 23.6. The Kier molecular flexibility index (Phi) is 8.84. The highest BCUT2D eigenvalue weighted by molar-refractivity contribution is 7.78. The number of aliphatic imine (C=N–C) groups is 1. The molecule has 0 bridgehead atoms. The number of nitrogens with zero attached hydrogens (tertiary/aromatic N) is 1. The fraction of sp³-hybridized carbons (Fsp3) is 0.207. The normalized spacial score (nSPS) is 10.5. The van der Waals surface area contributed by atoms with Crippen molar-refractivity contribution < 1.29 is 8.78 Å². The molecular weight excluding hydrogens is 432 g/mol. The average Bonchev–Trinajstić information content (AvgIpc) is 2.83. The molecule has 0 atom stereocenters. The molecule has 0 aromatic heterocycles.